The van der Waals surface area contributed by atoms with Crippen molar-refractivity contribution >= 4 is 21.6 Å². The molecule has 0 saturated carbocycles. The van der Waals surface area contributed by atoms with Gasteiger partial charge in [0.15, 0.2) is 0 Å². The number of methoxy groups -OCH3 is 1. The van der Waals surface area contributed by atoms with Crippen molar-refractivity contribution in [1.82, 2.24) is 0 Å². The van der Waals surface area contributed by atoms with Crippen molar-refractivity contribution in [2.45, 2.75) is 6.61 Å². The predicted molar refractivity (Wildman–Crippen MR) is 70.9 cm³/mol. The van der Waals surface area contributed by atoms with E-state index < -0.39 is 0 Å². The predicted octanol–water partition coefficient (Wildman–Crippen LogP) is 2.21. The molecule has 0 amide bonds. The molecule has 0 heterocycles. The van der Waals surface area contributed by atoms with Crippen LogP contribution in [-0.2, 0) is 20.8 Å². The molecule has 5 heteroatoms. The maximum absolute atomic E-state index is 5.76. The van der Waals surface area contributed by atoms with Gasteiger partial charge in [-0.15, -0.1) is 0 Å². The minimum Gasteiger partial charge on any atom is -0.398 e. The molecule has 0 radical (unpaired) electrons. The summed E-state index contributed by atoms with van der Waals surface area (Å²) in [6.07, 6.45) is 0. The molecule has 0 bridgehead atoms. The molecule has 2 N–H and O–H groups in total. The van der Waals surface area contributed by atoms with Gasteiger partial charge in [0.2, 0.25) is 0 Å². The summed E-state index contributed by atoms with van der Waals surface area (Å²) < 4.78 is 16.5. The number of hydrogen-bond donors (Lipinski definition) is 1. The monoisotopic (exact) mass is 303 g/mol. The fourth-order valence-electron chi connectivity index (χ4n) is 1.24. The van der Waals surface area contributed by atoms with Crippen LogP contribution in [0.25, 0.3) is 0 Å². The molecular formula is C12H18BrNO3. The number of anilines is 1. The largest absolute Gasteiger partial charge is 0.398 e. The van der Waals surface area contributed by atoms with Crippen LogP contribution in [0.2, 0.25) is 0 Å². The number of halogens is 1. The normalized spacial score (nSPS) is 10.7. The lowest BCUT2D eigenvalue weighted by atomic mass is 10.2. The Bertz CT molecular complexity index is 334. The first-order chi connectivity index (χ1) is 8.24. The van der Waals surface area contributed by atoms with Crippen LogP contribution in [0.3, 0.4) is 0 Å². The molecule has 0 saturated heterocycles. The van der Waals surface area contributed by atoms with E-state index >= 15 is 0 Å². The van der Waals surface area contributed by atoms with E-state index in [4.69, 9.17) is 19.9 Å². The average Bonchev–Trinajstić information content (AvgIpc) is 2.32. The third-order valence-corrected chi connectivity index (χ3v) is 2.86. The third kappa shape index (κ3) is 6.02. The van der Waals surface area contributed by atoms with E-state index in [9.17, 15) is 0 Å². The molecule has 1 aromatic rings. The zero-order valence-electron chi connectivity index (χ0n) is 9.95. The summed E-state index contributed by atoms with van der Waals surface area (Å²) in [5, 5.41) is 0. The second kappa shape index (κ2) is 8.47. The molecule has 0 atom stereocenters. The first-order valence-corrected chi connectivity index (χ1v) is 6.21. The van der Waals surface area contributed by atoms with Crippen molar-refractivity contribution in [3.8, 4) is 0 Å². The van der Waals surface area contributed by atoms with Gasteiger partial charge in [0.25, 0.3) is 0 Å². The summed E-state index contributed by atoms with van der Waals surface area (Å²) in [6.45, 7) is 2.91. The van der Waals surface area contributed by atoms with E-state index in [2.05, 4.69) is 15.9 Å². The third-order valence-electron chi connectivity index (χ3n) is 2.13. The van der Waals surface area contributed by atoms with Crippen molar-refractivity contribution in [1.29, 1.82) is 0 Å². The highest BCUT2D eigenvalue weighted by Gasteiger charge is 1.98. The number of ether oxygens (including phenoxy) is 3. The zero-order valence-corrected chi connectivity index (χ0v) is 11.5. The quantitative estimate of drug-likeness (QED) is 0.591. The second-order valence-electron chi connectivity index (χ2n) is 3.51. The Kier molecular flexibility index (Phi) is 7.19. The molecular weight excluding hydrogens is 286 g/mol. The molecule has 0 unspecified atom stereocenters. The number of nitrogen functional groups attached to an aromatic ring is 1. The van der Waals surface area contributed by atoms with Gasteiger partial charge in [-0.3, -0.25) is 0 Å². The van der Waals surface area contributed by atoms with E-state index in [1.165, 1.54) is 0 Å². The van der Waals surface area contributed by atoms with Crippen molar-refractivity contribution < 1.29 is 14.2 Å². The molecule has 17 heavy (non-hydrogen) atoms. The van der Waals surface area contributed by atoms with Crippen LogP contribution in [0.15, 0.2) is 22.7 Å². The summed E-state index contributed by atoms with van der Waals surface area (Å²) in [4.78, 5) is 0. The first kappa shape index (κ1) is 14.4. The molecule has 0 aliphatic rings. The second-order valence-corrected chi connectivity index (χ2v) is 4.37. The minimum atomic E-state index is 0.547. The molecule has 0 aliphatic carbocycles. The molecule has 1 aromatic carbocycles. The van der Waals surface area contributed by atoms with E-state index in [1.807, 2.05) is 18.2 Å². The average molecular weight is 304 g/mol. The Labute approximate surface area is 110 Å². The molecule has 0 spiro atoms. The number of benzene rings is 1. The fourth-order valence-corrected chi connectivity index (χ4v) is 1.48. The summed E-state index contributed by atoms with van der Waals surface area (Å²) in [5.41, 5.74) is 7.55. The molecule has 96 valence electrons. The highest BCUT2D eigenvalue weighted by Crippen LogP contribution is 2.20. The zero-order chi connectivity index (χ0) is 12.5. The summed E-state index contributed by atoms with van der Waals surface area (Å²) >= 11 is 3.35. The van der Waals surface area contributed by atoms with Crippen LogP contribution in [0, 0.1) is 0 Å². The molecule has 0 fully saturated rings. The minimum absolute atomic E-state index is 0.547. The van der Waals surface area contributed by atoms with E-state index in [0.29, 0.717) is 33.0 Å². The van der Waals surface area contributed by atoms with E-state index in [0.717, 1.165) is 15.7 Å². The van der Waals surface area contributed by atoms with Crippen molar-refractivity contribution in [3.05, 3.63) is 28.2 Å². The van der Waals surface area contributed by atoms with Gasteiger partial charge in [-0.1, -0.05) is 6.07 Å². The van der Waals surface area contributed by atoms with Crippen LogP contribution < -0.4 is 5.73 Å². The molecule has 4 nitrogen and oxygen atoms in total. The maximum Gasteiger partial charge on any atom is 0.0718 e. The number of hydrogen-bond acceptors (Lipinski definition) is 4. The standard InChI is InChI=1S/C12H18BrNO3/c1-15-4-5-16-6-7-17-9-10-2-3-11(13)12(14)8-10/h2-3,8H,4-7,9,14H2,1H3. The number of nitrogens with two attached hydrogens (primary N) is 1. The molecule has 0 aromatic heterocycles. The van der Waals surface area contributed by atoms with Gasteiger partial charge < -0.3 is 19.9 Å². The van der Waals surface area contributed by atoms with Crippen molar-refractivity contribution in [3.63, 3.8) is 0 Å². The van der Waals surface area contributed by atoms with Crippen molar-refractivity contribution in [2.24, 2.45) is 0 Å². The van der Waals surface area contributed by atoms with Crippen LogP contribution in [0.4, 0.5) is 5.69 Å². The van der Waals surface area contributed by atoms with Gasteiger partial charge in [-0.2, -0.15) is 0 Å². The smallest absolute Gasteiger partial charge is 0.0718 e. The fraction of sp³-hybridized carbons (Fsp3) is 0.500. The van der Waals surface area contributed by atoms with Gasteiger partial charge in [0.05, 0.1) is 33.0 Å². The Balaban J connectivity index is 2.11. The lowest BCUT2D eigenvalue weighted by molar-refractivity contribution is 0.0199. The van der Waals surface area contributed by atoms with Gasteiger partial charge in [0, 0.05) is 17.3 Å². The lowest BCUT2D eigenvalue weighted by Crippen LogP contribution is -2.08. The van der Waals surface area contributed by atoms with Gasteiger partial charge in [-0.05, 0) is 33.6 Å². The van der Waals surface area contributed by atoms with Crippen LogP contribution in [-0.4, -0.2) is 33.5 Å². The Morgan fingerprint density at radius 3 is 2.53 bits per heavy atom. The van der Waals surface area contributed by atoms with Crippen LogP contribution >= 0.6 is 15.9 Å². The highest BCUT2D eigenvalue weighted by atomic mass is 79.9. The Morgan fingerprint density at radius 2 is 1.82 bits per heavy atom. The summed E-state index contributed by atoms with van der Waals surface area (Å²) in [7, 11) is 1.65. The summed E-state index contributed by atoms with van der Waals surface area (Å²) in [6, 6.07) is 5.80. The van der Waals surface area contributed by atoms with Gasteiger partial charge in [0.1, 0.15) is 0 Å². The SMILES string of the molecule is COCCOCCOCc1ccc(Br)c(N)c1. The molecule has 1 rings (SSSR count). The van der Waals surface area contributed by atoms with Crippen LogP contribution in [0.1, 0.15) is 5.56 Å². The Hall–Kier alpha value is -0.620. The highest BCUT2D eigenvalue weighted by molar-refractivity contribution is 9.10. The van der Waals surface area contributed by atoms with Crippen LogP contribution in [0.5, 0.6) is 0 Å². The first-order valence-electron chi connectivity index (χ1n) is 5.42. The lowest BCUT2D eigenvalue weighted by Gasteiger charge is -2.07. The van der Waals surface area contributed by atoms with Gasteiger partial charge in [-0.25, -0.2) is 0 Å². The summed E-state index contributed by atoms with van der Waals surface area (Å²) in [5.74, 6) is 0. The topological polar surface area (TPSA) is 53.7 Å². The van der Waals surface area contributed by atoms with Crippen molar-refractivity contribution in [2.75, 3.05) is 39.3 Å². The Morgan fingerprint density at radius 1 is 1.12 bits per heavy atom. The number of rotatable bonds is 8. The van der Waals surface area contributed by atoms with E-state index in [1.54, 1.807) is 7.11 Å². The molecule has 0 aliphatic heterocycles. The van der Waals surface area contributed by atoms with Gasteiger partial charge >= 0.3 is 0 Å². The van der Waals surface area contributed by atoms with E-state index in [-0.39, 0.29) is 0 Å². The maximum atomic E-state index is 5.76.